The molecule has 2 rings (SSSR count). The minimum atomic E-state index is 0. The molecule has 0 radical (unpaired) electrons. The highest BCUT2D eigenvalue weighted by atomic mass is 35.5. The molecule has 1 heterocycles. The first-order valence-electron chi connectivity index (χ1n) is 7.68. The summed E-state index contributed by atoms with van der Waals surface area (Å²) in [5.74, 6) is 1.33. The SMILES string of the molecule is CCO[C@H]1CNCC1Oc1ccc([C@H](C)CC(C)=O)cc1.Cl. The van der Waals surface area contributed by atoms with E-state index in [-0.39, 0.29) is 36.3 Å². The molecule has 1 unspecified atom stereocenters. The Kier molecular flexibility index (Phi) is 7.87. The molecule has 0 saturated carbocycles. The van der Waals surface area contributed by atoms with E-state index in [1.165, 1.54) is 5.56 Å². The van der Waals surface area contributed by atoms with Gasteiger partial charge in [0.15, 0.2) is 0 Å². The maximum atomic E-state index is 11.2. The largest absolute Gasteiger partial charge is 0.486 e. The lowest BCUT2D eigenvalue weighted by atomic mass is 9.96. The first-order valence-corrected chi connectivity index (χ1v) is 7.68. The molecule has 0 aliphatic carbocycles. The third-order valence-electron chi connectivity index (χ3n) is 3.82. The first-order chi connectivity index (χ1) is 10.1. The Labute approximate surface area is 139 Å². The number of Topliss-reactive ketones (excluding diaryl/α,β-unsaturated/α-hetero) is 1. The number of ether oxygens (including phenoxy) is 2. The topological polar surface area (TPSA) is 47.6 Å². The van der Waals surface area contributed by atoms with Crippen molar-refractivity contribution in [1.82, 2.24) is 5.32 Å². The highest BCUT2D eigenvalue weighted by Gasteiger charge is 2.29. The zero-order chi connectivity index (χ0) is 15.2. The molecular weight excluding hydrogens is 302 g/mol. The summed E-state index contributed by atoms with van der Waals surface area (Å²) < 4.78 is 11.7. The van der Waals surface area contributed by atoms with Crippen LogP contribution in [-0.2, 0) is 9.53 Å². The second kappa shape index (κ2) is 9.13. The van der Waals surface area contributed by atoms with Crippen LogP contribution in [0.4, 0.5) is 0 Å². The molecule has 1 fully saturated rings. The normalized spacial score (nSPS) is 22.0. The van der Waals surface area contributed by atoms with Gasteiger partial charge in [0.1, 0.15) is 23.7 Å². The number of rotatable bonds is 7. The van der Waals surface area contributed by atoms with Gasteiger partial charge in [-0.1, -0.05) is 19.1 Å². The van der Waals surface area contributed by atoms with Gasteiger partial charge in [-0.15, -0.1) is 12.4 Å². The lowest BCUT2D eigenvalue weighted by Crippen LogP contribution is -2.32. The van der Waals surface area contributed by atoms with Crippen molar-refractivity contribution in [1.29, 1.82) is 0 Å². The van der Waals surface area contributed by atoms with Gasteiger partial charge >= 0.3 is 0 Å². The van der Waals surface area contributed by atoms with Crippen molar-refractivity contribution in [3.05, 3.63) is 29.8 Å². The number of carbonyl (C=O) groups is 1. The average molecular weight is 328 g/mol. The van der Waals surface area contributed by atoms with E-state index in [9.17, 15) is 4.79 Å². The van der Waals surface area contributed by atoms with Crippen LogP contribution in [0.5, 0.6) is 5.75 Å². The molecule has 4 nitrogen and oxygen atoms in total. The van der Waals surface area contributed by atoms with E-state index in [4.69, 9.17) is 9.47 Å². The van der Waals surface area contributed by atoms with E-state index < -0.39 is 0 Å². The quantitative estimate of drug-likeness (QED) is 0.836. The Morgan fingerprint density at radius 3 is 2.50 bits per heavy atom. The van der Waals surface area contributed by atoms with Crippen LogP contribution in [0.15, 0.2) is 24.3 Å². The van der Waals surface area contributed by atoms with Crippen LogP contribution < -0.4 is 10.1 Å². The molecule has 1 aliphatic heterocycles. The van der Waals surface area contributed by atoms with Crippen LogP contribution in [0.1, 0.15) is 38.7 Å². The highest BCUT2D eigenvalue weighted by Crippen LogP contribution is 2.23. The van der Waals surface area contributed by atoms with Crippen molar-refractivity contribution in [2.24, 2.45) is 0 Å². The van der Waals surface area contributed by atoms with E-state index >= 15 is 0 Å². The lowest BCUT2D eigenvalue weighted by Gasteiger charge is -2.20. The third-order valence-corrected chi connectivity index (χ3v) is 3.82. The predicted molar refractivity (Wildman–Crippen MR) is 90.1 cm³/mol. The van der Waals surface area contributed by atoms with Crippen LogP contribution in [0, 0.1) is 0 Å². The minimum absolute atomic E-state index is 0. The first kappa shape index (κ1) is 18.9. The van der Waals surface area contributed by atoms with E-state index in [1.54, 1.807) is 6.92 Å². The molecule has 124 valence electrons. The zero-order valence-electron chi connectivity index (χ0n) is 13.5. The summed E-state index contributed by atoms with van der Waals surface area (Å²) in [7, 11) is 0. The van der Waals surface area contributed by atoms with Gasteiger partial charge in [0.25, 0.3) is 0 Å². The molecule has 5 heteroatoms. The predicted octanol–water partition coefficient (Wildman–Crippen LogP) is 2.95. The van der Waals surface area contributed by atoms with E-state index in [0.29, 0.717) is 13.0 Å². The number of hydrogen-bond acceptors (Lipinski definition) is 4. The van der Waals surface area contributed by atoms with Crippen LogP contribution in [0.3, 0.4) is 0 Å². The fraction of sp³-hybridized carbons (Fsp3) is 0.588. The molecule has 1 saturated heterocycles. The molecule has 0 bridgehead atoms. The number of benzene rings is 1. The smallest absolute Gasteiger partial charge is 0.138 e. The summed E-state index contributed by atoms with van der Waals surface area (Å²) in [5, 5.41) is 3.29. The molecule has 1 aliphatic rings. The van der Waals surface area contributed by atoms with Gasteiger partial charge in [-0.3, -0.25) is 0 Å². The minimum Gasteiger partial charge on any atom is -0.486 e. The van der Waals surface area contributed by atoms with Crippen LogP contribution in [0.2, 0.25) is 0 Å². The number of nitrogens with one attached hydrogen (secondary N) is 1. The third kappa shape index (κ3) is 5.27. The fourth-order valence-corrected chi connectivity index (χ4v) is 2.73. The molecule has 1 N–H and O–H groups in total. The maximum Gasteiger partial charge on any atom is 0.138 e. The number of ketones is 1. The summed E-state index contributed by atoms with van der Waals surface area (Å²) in [5.41, 5.74) is 1.17. The fourth-order valence-electron chi connectivity index (χ4n) is 2.73. The highest BCUT2D eigenvalue weighted by molar-refractivity contribution is 5.85. The summed E-state index contributed by atoms with van der Waals surface area (Å²) in [6.07, 6.45) is 0.760. The van der Waals surface area contributed by atoms with Gasteiger partial charge in [0.05, 0.1) is 0 Å². The monoisotopic (exact) mass is 327 g/mol. The molecule has 0 amide bonds. The molecule has 1 aromatic carbocycles. The van der Waals surface area contributed by atoms with Crippen molar-refractivity contribution >= 4 is 18.2 Å². The van der Waals surface area contributed by atoms with Crippen LogP contribution >= 0.6 is 12.4 Å². The Morgan fingerprint density at radius 1 is 1.27 bits per heavy atom. The Balaban J connectivity index is 0.00000242. The van der Waals surface area contributed by atoms with Crippen LogP contribution in [0.25, 0.3) is 0 Å². The van der Waals surface area contributed by atoms with Crippen molar-refractivity contribution in [2.45, 2.75) is 45.3 Å². The summed E-state index contributed by atoms with van der Waals surface area (Å²) in [4.78, 5) is 11.2. The van der Waals surface area contributed by atoms with Crippen molar-refractivity contribution < 1.29 is 14.3 Å². The van der Waals surface area contributed by atoms with Gasteiger partial charge in [0, 0.05) is 26.1 Å². The Morgan fingerprint density at radius 2 is 1.91 bits per heavy atom. The van der Waals surface area contributed by atoms with Crippen molar-refractivity contribution in [3.8, 4) is 5.75 Å². The van der Waals surface area contributed by atoms with Gasteiger partial charge < -0.3 is 19.6 Å². The molecule has 22 heavy (non-hydrogen) atoms. The number of hydrogen-bond donors (Lipinski definition) is 1. The lowest BCUT2D eigenvalue weighted by molar-refractivity contribution is -0.117. The molecule has 0 aromatic heterocycles. The maximum absolute atomic E-state index is 11.2. The average Bonchev–Trinajstić information content (AvgIpc) is 2.86. The Bertz CT molecular complexity index is 463. The summed E-state index contributed by atoms with van der Waals surface area (Å²) >= 11 is 0. The summed E-state index contributed by atoms with van der Waals surface area (Å²) in [6, 6.07) is 8.04. The van der Waals surface area contributed by atoms with Crippen molar-refractivity contribution in [2.75, 3.05) is 19.7 Å². The summed E-state index contributed by atoms with van der Waals surface area (Å²) in [6.45, 7) is 8.06. The standard InChI is InChI=1S/C17H25NO3.ClH/c1-4-20-16-10-18-11-17(16)21-15-7-5-14(6-8-15)12(2)9-13(3)19;/h5-8,12,16-18H,4,9-11H2,1-3H3;1H/t12-,16+,17?;/m1./s1. The number of halogens is 1. The van der Waals surface area contributed by atoms with Gasteiger partial charge in [-0.25, -0.2) is 0 Å². The number of carbonyl (C=O) groups excluding carboxylic acids is 1. The van der Waals surface area contributed by atoms with E-state index in [1.807, 2.05) is 31.2 Å². The van der Waals surface area contributed by atoms with Gasteiger partial charge in [0.2, 0.25) is 0 Å². The zero-order valence-corrected chi connectivity index (χ0v) is 14.3. The van der Waals surface area contributed by atoms with E-state index in [0.717, 1.165) is 18.8 Å². The molecule has 0 spiro atoms. The molecule has 1 aromatic rings. The van der Waals surface area contributed by atoms with Gasteiger partial charge in [-0.05, 0) is 37.5 Å². The van der Waals surface area contributed by atoms with Gasteiger partial charge in [-0.2, -0.15) is 0 Å². The van der Waals surface area contributed by atoms with Crippen molar-refractivity contribution in [3.63, 3.8) is 0 Å². The van der Waals surface area contributed by atoms with Crippen LogP contribution in [-0.4, -0.2) is 37.7 Å². The Hall–Kier alpha value is -1.10. The van der Waals surface area contributed by atoms with E-state index in [2.05, 4.69) is 12.2 Å². The second-order valence-electron chi connectivity index (χ2n) is 5.68. The second-order valence-corrected chi connectivity index (χ2v) is 5.68. The molecular formula is C17H26ClNO3. The molecule has 3 atom stereocenters.